The minimum Gasteiger partial charge on any atom is -0.325 e. The van der Waals surface area contributed by atoms with E-state index in [-0.39, 0.29) is 11.7 Å². The minimum atomic E-state index is -0.308. The predicted octanol–water partition coefficient (Wildman–Crippen LogP) is 4.01. The molecule has 0 saturated heterocycles. The molecule has 0 atom stereocenters. The zero-order valence-corrected chi connectivity index (χ0v) is 12.0. The molecule has 0 aromatic heterocycles. The van der Waals surface area contributed by atoms with Gasteiger partial charge in [0.2, 0.25) is 5.91 Å². The Kier molecular flexibility index (Phi) is 5.18. The Bertz CT molecular complexity index is 583. The lowest BCUT2D eigenvalue weighted by molar-refractivity contribution is -0.113. The van der Waals surface area contributed by atoms with Gasteiger partial charge in [0, 0.05) is 11.4 Å². The highest BCUT2D eigenvalue weighted by molar-refractivity contribution is 7.99. The molecule has 0 heterocycles. The molecular formula is C16H16FNOS. The third-order valence-corrected chi connectivity index (χ3v) is 3.72. The molecule has 0 aliphatic carbocycles. The summed E-state index contributed by atoms with van der Waals surface area (Å²) >= 11 is 1.56. The topological polar surface area (TPSA) is 29.1 Å². The maximum Gasteiger partial charge on any atom is 0.234 e. The van der Waals surface area contributed by atoms with Crippen LogP contribution in [0.15, 0.2) is 48.5 Å². The monoisotopic (exact) mass is 289 g/mol. The van der Waals surface area contributed by atoms with Gasteiger partial charge in [-0.3, -0.25) is 4.79 Å². The molecule has 104 valence electrons. The van der Waals surface area contributed by atoms with Crippen molar-refractivity contribution in [2.45, 2.75) is 12.7 Å². The van der Waals surface area contributed by atoms with Gasteiger partial charge in [0.25, 0.3) is 0 Å². The van der Waals surface area contributed by atoms with Gasteiger partial charge in [0.05, 0.1) is 5.75 Å². The number of thioether (sulfide) groups is 1. The largest absolute Gasteiger partial charge is 0.325 e. The molecule has 2 aromatic rings. The Morgan fingerprint density at radius 2 is 1.95 bits per heavy atom. The van der Waals surface area contributed by atoms with Gasteiger partial charge < -0.3 is 5.32 Å². The van der Waals surface area contributed by atoms with Gasteiger partial charge in [-0.2, -0.15) is 0 Å². The molecule has 0 saturated carbocycles. The molecule has 0 bridgehead atoms. The Labute approximate surface area is 122 Å². The van der Waals surface area contributed by atoms with Gasteiger partial charge in [-0.1, -0.05) is 29.8 Å². The number of aryl methyl sites for hydroxylation is 1. The maximum atomic E-state index is 12.7. The quantitative estimate of drug-likeness (QED) is 0.901. The molecule has 2 aromatic carbocycles. The zero-order valence-electron chi connectivity index (χ0n) is 11.2. The number of halogens is 1. The Morgan fingerprint density at radius 1 is 1.20 bits per heavy atom. The first-order valence-electron chi connectivity index (χ1n) is 6.32. The smallest absolute Gasteiger partial charge is 0.234 e. The first-order valence-corrected chi connectivity index (χ1v) is 7.47. The van der Waals surface area contributed by atoms with Crippen LogP contribution >= 0.6 is 11.8 Å². The summed E-state index contributed by atoms with van der Waals surface area (Å²) in [6, 6.07) is 14.0. The van der Waals surface area contributed by atoms with Crippen molar-refractivity contribution in [2.24, 2.45) is 0 Å². The second-order valence-electron chi connectivity index (χ2n) is 4.54. The van der Waals surface area contributed by atoms with Crippen LogP contribution in [0.2, 0.25) is 0 Å². The number of nitrogens with one attached hydrogen (secondary N) is 1. The van der Waals surface area contributed by atoms with Crippen LogP contribution in [0.5, 0.6) is 0 Å². The molecule has 4 heteroatoms. The van der Waals surface area contributed by atoms with Crippen LogP contribution in [0.1, 0.15) is 11.1 Å². The second-order valence-corrected chi connectivity index (χ2v) is 5.52. The summed E-state index contributed by atoms with van der Waals surface area (Å²) in [5, 5.41) is 2.74. The van der Waals surface area contributed by atoms with Crippen molar-refractivity contribution in [3.05, 3.63) is 65.5 Å². The second kappa shape index (κ2) is 7.10. The average Bonchev–Trinajstić information content (AvgIpc) is 2.41. The lowest BCUT2D eigenvalue weighted by atomic mass is 10.2. The Morgan fingerprint density at radius 3 is 2.65 bits per heavy atom. The summed E-state index contributed by atoms with van der Waals surface area (Å²) in [7, 11) is 0. The SMILES string of the molecule is Cc1cccc(CSCC(=O)Nc2ccc(F)cc2)c1. The van der Waals surface area contributed by atoms with Crippen molar-refractivity contribution >= 4 is 23.4 Å². The molecule has 0 spiro atoms. The van der Waals surface area contributed by atoms with Gasteiger partial charge in [-0.25, -0.2) is 4.39 Å². The van der Waals surface area contributed by atoms with Crippen molar-refractivity contribution in [1.29, 1.82) is 0 Å². The lowest BCUT2D eigenvalue weighted by Gasteiger charge is -2.05. The maximum absolute atomic E-state index is 12.7. The van der Waals surface area contributed by atoms with Crippen LogP contribution in [0.3, 0.4) is 0 Å². The fourth-order valence-electron chi connectivity index (χ4n) is 1.79. The molecule has 2 nitrogen and oxygen atoms in total. The number of hydrogen-bond acceptors (Lipinski definition) is 2. The molecule has 2 rings (SSSR count). The van der Waals surface area contributed by atoms with Crippen LogP contribution in [-0.4, -0.2) is 11.7 Å². The van der Waals surface area contributed by atoms with E-state index in [1.807, 2.05) is 6.07 Å². The van der Waals surface area contributed by atoms with E-state index in [0.29, 0.717) is 11.4 Å². The van der Waals surface area contributed by atoms with Crippen LogP contribution in [0.25, 0.3) is 0 Å². The van der Waals surface area contributed by atoms with Crippen molar-refractivity contribution in [2.75, 3.05) is 11.1 Å². The molecule has 0 aliphatic rings. The number of benzene rings is 2. The number of rotatable bonds is 5. The van der Waals surface area contributed by atoms with E-state index in [4.69, 9.17) is 0 Å². The summed E-state index contributed by atoms with van der Waals surface area (Å²) in [6.07, 6.45) is 0. The van der Waals surface area contributed by atoms with Crippen molar-refractivity contribution in [3.8, 4) is 0 Å². The first kappa shape index (κ1) is 14.6. The number of carbonyl (C=O) groups is 1. The van der Waals surface area contributed by atoms with Gasteiger partial charge in [-0.15, -0.1) is 11.8 Å². The van der Waals surface area contributed by atoms with E-state index >= 15 is 0 Å². The van der Waals surface area contributed by atoms with E-state index in [0.717, 1.165) is 5.75 Å². The van der Waals surface area contributed by atoms with Crippen LogP contribution in [-0.2, 0) is 10.5 Å². The Hall–Kier alpha value is -1.81. The van der Waals surface area contributed by atoms with Gasteiger partial charge in [0.1, 0.15) is 5.82 Å². The van der Waals surface area contributed by atoms with Crippen LogP contribution in [0.4, 0.5) is 10.1 Å². The normalized spacial score (nSPS) is 10.3. The molecule has 0 aliphatic heterocycles. The summed E-state index contributed by atoms with van der Waals surface area (Å²) in [5.74, 6) is 0.801. The van der Waals surface area contributed by atoms with Crippen molar-refractivity contribution in [1.82, 2.24) is 0 Å². The third-order valence-electron chi connectivity index (χ3n) is 2.71. The van der Waals surface area contributed by atoms with Gasteiger partial charge in [0.15, 0.2) is 0 Å². The third kappa shape index (κ3) is 4.70. The summed E-state index contributed by atoms with van der Waals surface area (Å²) in [4.78, 5) is 11.7. The highest BCUT2D eigenvalue weighted by Gasteiger charge is 2.03. The van der Waals surface area contributed by atoms with Crippen LogP contribution < -0.4 is 5.32 Å². The number of carbonyl (C=O) groups excluding carboxylic acids is 1. The number of hydrogen-bond donors (Lipinski definition) is 1. The molecule has 1 amide bonds. The van der Waals surface area contributed by atoms with Gasteiger partial charge in [-0.05, 0) is 36.8 Å². The van der Waals surface area contributed by atoms with Crippen LogP contribution in [0, 0.1) is 12.7 Å². The molecule has 0 unspecified atom stereocenters. The molecule has 0 radical (unpaired) electrons. The fraction of sp³-hybridized carbons (Fsp3) is 0.188. The predicted molar refractivity (Wildman–Crippen MR) is 82.4 cm³/mol. The zero-order chi connectivity index (χ0) is 14.4. The summed E-state index contributed by atoms with van der Waals surface area (Å²) < 4.78 is 12.7. The van der Waals surface area contributed by atoms with Crippen molar-refractivity contribution < 1.29 is 9.18 Å². The fourth-order valence-corrected chi connectivity index (χ4v) is 2.57. The standard InChI is InChI=1S/C16H16FNOS/c1-12-3-2-4-13(9-12)10-20-11-16(19)18-15-7-5-14(17)6-8-15/h2-9H,10-11H2,1H3,(H,18,19). The Balaban J connectivity index is 1.76. The van der Waals surface area contributed by atoms with Gasteiger partial charge >= 0.3 is 0 Å². The van der Waals surface area contributed by atoms with Crippen molar-refractivity contribution in [3.63, 3.8) is 0 Å². The number of amides is 1. The van der Waals surface area contributed by atoms with E-state index < -0.39 is 0 Å². The summed E-state index contributed by atoms with van der Waals surface area (Å²) in [5.41, 5.74) is 3.05. The van der Waals surface area contributed by atoms with E-state index in [1.54, 1.807) is 23.9 Å². The highest BCUT2D eigenvalue weighted by atomic mass is 32.2. The molecular weight excluding hydrogens is 273 g/mol. The minimum absolute atomic E-state index is 0.0748. The lowest BCUT2D eigenvalue weighted by Crippen LogP contribution is -2.14. The van der Waals surface area contributed by atoms with E-state index in [9.17, 15) is 9.18 Å². The number of anilines is 1. The van der Waals surface area contributed by atoms with E-state index in [2.05, 4.69) is 30.4 Å². The molecule has 20 heavy (non-hydrogen) atoms. The average molecular weight is 289 g/mol. The first-order chi connectivity index (χ1) is 9.63. The summed E-state index contributed by atoms with van der Waals surface area (Å²) in [6.45, 7) is 2.05. The highest BCUT2D eigenvalue weighted by Crippen LogP contribution is 2.14. The van der Waals surface area contributed by atoms with E-state index in [1.165, 1.54) is 23.3 Å². The molecule has 0 fully saturated rings. The molecule has 1 N–H and O–H groups in total.